The average Bonchev–Trinajstić information content (AvgIpc) is 2.76. The van der Waals surface area contributed by atoms with Gasteiger partial charge in [0.05, 0.1) is 15.9 Å². The third-order valence-electron chi connectivity index (χ3n) is 4.19. The molecule has 1 aromatic heterocycles. The lowest BCUT2D eigenvalue weighted by atomic mass is 9.69. The van der Waals surface area contributed by atoms with Crippen LogP contribution in [0.1, 0.15) is 38.1 Å². The highest BCUT2D eigenvalue weighted by Crippen LogP contribution is 2.44. The summed E-state index contributed by atoms with van der Waals surface area (Å²) in [4.78, 5) is 15.4. The van der Waals surface area contributed by atoms with E-state index in [2.05, 4.69) is 20.9 Å². The van der Waals surface area contributed by atoms with Crippen LogP contribution < -0.4 is 0 Å². The summed E-state index contributed by atoms with van der Waals surface area (Å²) < 4.78 is 0.898. The second-order valence-corrected chi connectivity index (χ2v) is 7.96. The molecule has 4 nitrogen and oxygen atoms in total. The van der Waals surface area contributed by atoms with Crippen molar-refractivity contribution in [2.24, 2.45) is 17.8 Å². The van der Waals surface area contributed by atoms with Crippen molar-refractivity contribution in [1.82, 2.24) is 4.98 Å². The minimum atomic E-state index is -0.978. The van der Waals surface area contributed by atoms with Crippen LogP contribution in [0.2, 0.25) is 0 Å². The highest BCUT2D eigenvalue weighted by Gasteiger charge is 2.42. The van der Waals surface area contributed by atoms with E-state index in [-0.39, 0.29) is 17.8 Å². The molecule has 19 heavy (non-hydrogen) atoms. The van der Waals surface area contributed by atoms with Crippen LogP contribution >= 0.6 is 27.3 Å². The molecule has 1 aromatic rings. The van der Waals surface area contributed by atoms with E-state index in [0.717, 1.165) is 16.6 Å². The lowest BCUT2D eigenvalue weighted by molar-refractivity contribution is -0.146. The number of aromatic nitrogens is 1. The first-order chi connectivity index (χ1) is 8.82. The Morgan fingerprint density at radius 1 is 1.58 bits per heavy atom. The number of hydrogen-bond donors (Lipinski definition) is 2. The van der Waals surface area contributed by atoms with Gasteiger partial charge in [-0.3, -0.25) is 4.79 Å². The van der Waals surface area contributed by atoms with Crippen LogP contribution in [-0.2, 0) is 10.4 Å². The molecule has 1 aliphatic carbocycles. The predicted molar refractivity (Wildman–Crippen MR) is 77.0 cm³/mol. The summed E-state index contributed by atoms with van der Waals surface area (Å²) in [6.45, 7) is 3.75. The molecule has 0 aromatic carbocycles. The number of carboxylic acid groups (broad SMARTS) is 1. The van der Waals surface area contributed by atoms with Gasteiger partial charge < -0.3 is 10.2 Å². The average molecular weight is 348 g/mol. The van der Waals surface area contributed by atoms with E-state index in [9.17, 15) is 9.90 Å². The van der Waals surface area contributed by atoms with E-state index < -0.39 is 11.6 Å². The Kier molecular flexibility index (Phi) is 4.32. The van der Waals surface area contributed by atoms with Gasteiger partial charge in [-0.05, 0) is 54.0 Å². The van der Waals surface area contributed by atoms with Gasteiger partial charge in [0.25, 0.3) is 0 Å². The largest absolute Gasteiger partial charge is 0.481 e. The van der Waals surface area contributed by atoms with Gasteiger partial charge in [-0.2, -0.15) is 0 Å². The number of aliphatic hydroxyl groups is 1. The molecule has 1 saturated carbocycles. The van der Waals surface area contributed by atoms with Crippen LogP contribution in [0.25, 0.3) is 0 Å². The number of hydrogen-bond acceptors (Lipinski definition) is 4. The number of carbonyl (C=O) groups is 1. The Bertz CT molecular complexity index is 474. The molecule has 0 saturated heterocycles. The van der Waals surface area contributed by atoms with E-state index in [0.29, 0.717) is 11.4 Å². The molecule has 0 unspecified atom stereocenters. The summed E-state index contributed by atoms with van der Waals surface area (Å²) in [5, 5.41) is 20.6. The topological polar surface area (TPSA) is 70.4 Å². The molecule has 0 amide bonds. The number of halogens is 1. The molecule has 1 heterocycles. The van der Waals surface area contributed by atoms with Crippen molar-refractivity contribution in [3.63, 3.8) is 0 Å². The maximum atomic E-state index is 11.1. The summed E-state index contributed by atoms with van der Waals surface area (Å²) in [6.07, 6.45) is 3.78. The number of aliphatic carboxylic acids is 1. The van der Waals surface area contributed by atoms with Gasteiger partial charge in [0.1, 0.15) is 10.6 Å². The molecule has 2 N–H and O–H groups in total. The van der Waals surface area contributed by atoms with Crippen molar-refractivity contribution in [3.05, 3.63) is 15.0 Å². The number of rotatable bonds is 3. The molecule has 1 fully saturated rings. The maximum absolute atomic E-state index is 11.1. The van der Waals surface area contributed by atoms with Gasteiger partial charge in [-0.25, -0.2) is 4.98 Å². The molecular formula is C13H18BrNO3S. The Morgan fingerprint density at radius 2 is 2.26 bits per heavy atom. The SMILES string of the molecule is C[C@@H]1C[C@@H]([C@@](C)(O)c2ncc(Br)s2)CC[C@@H]1C(=O)O. The lowest BCUT2D eigenvalue weighted by Gasteiger charge is -2.39. The fourth-order valence-corrected chi connectivity index (χ4v) is 4.27. The minimum Gasteiger partial charge on any atom is -0.481 e. The minimum absolute atomic E-state index is 0.0659. The first-order valence-electron chi connectivity index (χ1n) is 6.39. The Balaban J connectivity index is 2.13. The third kappa shape index (κ3) is 3.01. The zero-order valence-corrected chi connectivity index (χ0v) is 13.4. The molecule has 0 bridgehead atoms. The van der Waals surface area contributed by atoms with Gasteiger partial charge in [-0.1, -0.05) is 6.92 Å². The van der Waals surface area contributed by atoms with Gasteiger partial charge in [-0.15, -0.1) is 11.3 Å². The van der Waals surface area contributed by atoms with Crippen molar-refractivity contribution in [1.29, 1.82) is 0 Å². The molecular weight excluding hydrogens is 330 g/mol. The lowest BCUT2D eigenvalue weighted by Crippen LogP contribution is -2.39. The quantitative estimate of drug-likeness (QED) is 0.880. The Hall–Kier alpha value is -0.460. The van der Waals surface area contributed by atoms with Crippen molar-refractivity contribution in [2.75, 3.05) is 0 Å². The maximum Gasteiger partial charge on any atom is 0.306 e. The number of nitrogens with zero attached hydrogens (tertiary/aromatic N) is 1. The van der Waals surface area contributed by atoms with Gasteiger partial charge in [0, 0.05) is 0 Å². The number of thiazole rings is 1. The molecule has 1 aliphatic rings. The van der Waals surface area contributed by atoms with E-state index in [4.69, 9.17) is 5.11 Å². The smallest absolute Gasteiger partial charge is 0.306 e. The van der Waals surface area contributed by atoms with E-state index in [1.165, 1.54) is 11.3 Å². The number of carboxylic acids is 1. The zero-order chi connectivity index (χ0) is 14.2. The monoisotopic (exact) mass is 347 g/mol. The second-order valence-electron chi connectivity index (χ2n) is 5.55. The highest BCUT2D eigenvalue weighted by atomic mass is 79.9. The summed E-state index contributed by atoms with van der Waals surface area (Å²) >= 11 is 4.79. The van der Waals surface area contributed by atoms with Crippen LogP contribution in [0.3, 0.4) is 0 Å². The van der Waals surface area contributed by atoms with Crippen LogP contribution in [0, 0.1) is 17.8 Å². The predicted octanol–water partition coefficient (Wildman–Crippen LogP) is 3.25. The van der Waals surface area contributed by atoms with E-state index in [1.54, 1.807) is 13.1 Å². The Labute approximate surface area is 125 Å². The van der Waals surface area contributed by atoms with Gasteiger partial charge >= 0.3 is 5.97 Å². The fraction of sp³-hybridized carbons (Fsp3) is 0.692. The summed E-state index contributed by atoms with van der Waals surface area (Å²) in [6, 6.07) is 0. The van der Waals surface area contributed by atoms with Crippen molar-refractivity contribution in [2.45, 2.75) is 38.7 Å². The summed E-state index contributed by atoms with van der Waals surface area (Å²) in [5.74, 6) is -0.847. The van der Waals surface area contributed by atoms with Crippen LogP contribution in [-0.4, -0.2) is 21.2 Å². The van der Waals surface area contributed by atoms with Crippen molar-refractivity contribution >= 4 is 33.2 Å². The first kappa shape index (κ1) is 14.9. The molecule has 0 aliphatic heterocycles. The fourth-order valence-electron chi connectivity index (χ4n) is 2.94. The Morgan fingerprint density at radius 3 is 2.74 bits per heavy atom. The first-order valence-corrected chi connectivity index (χ1v) is 8.00. The third-order valence-corrected chi connectivity index (χ3v) is 5.89. The van der Waals surface area contributed by atoms with Crippen molar-refractivity contribution < 1.29 is 15.0 Å². The van der Waals surface area contributed by atoms with Crippen LogP contribution in [0.15, 0.2) is 9.98 Å². The van der Waals surface area contributed by atoms with Gasteiger partial charge in [0.2, 0.25) is 0 Å². The molecule has 106 valence electrons. The molecule has 0 radical (unpaired) electrons. The van der Waals surface area contributed by atoms with Crippen LogP contribution in [0.4, 0.5) is 0 Å². The standard InChI is InChI=1S/C13H18BrNO3S/c1-7-5-8(3-4-9(7)11(16)17)13(2,18)12-15-6-10(14)19-12/h6-9,18H,3-5H2,1-2H3,(H,16,17)/t7-,8+,9+,13-/m1/s1. The summed E-state index contributed by atoms with van der Waals surface area (Å²) in [5.41, 5.74) is -0.978. The van der Waals surface area contributed by atoms with E-state index >= 15 is 0 Å². The highest BCUT2D eigenvalue weighted by molar-refractivity contribution is 9.11. The summed E-state index contributed by atoms with van der Waals surface area (Å²) in [7, 11) is 0. The van der Waals surface area contributed by atoms with Gasteiger partial charge in [0.15, 0.2) is 0 Å². The molecule has 4 atom stereocenters. The zero-order valence-electron chi connectivity index (χ0n) is 11.0. The van der Waals surface area contributed by atoms with E-state index in [1.807, 2.05) is 6.92 Å². The molecule has 6 heteroatoms. The molecule has 2 rings (SSSR count). The normalized spacial score (nSPS) is 30.8. The van der Waals surface area contributed by atoms with Crippen LogP contribution in [0.5, 0.6) is 0 Å². The second kappa shape index (κ2) is 5.50. The molecule has 0 spiro atoms. The van der Waals surface area contributed by atoms with Crippen molar-refractivity contribution in [3.8, 4) is 0 Å².